The van der Waals surface area contributed by atoms with Crippen LogP contribution in [0, 0.1) is 12.8 Å². The fourth-order valence-corrected chi connectivity index (χ4v) is 3.68. The molecule has 2 saturated heterocycles. The summed E-state index contributed by atoms with van der Waals surface area (Å²) in [5.74, 6) is 0.784. The zero-order valence-corrected chi connectivity index (χ0v) is 12.2. The smallest absolute Gasteiger partial charge is 0.251 e. The van der Waals surface area contributed by atoms with E-state index in [0.717, 1.165) is 30.2 Å². The van der Waals surface area contributed by atoms with E-state index in [1.807, 2.05) is 35.9 Å². The van der Waals surface area contributed by atoms with Crippen molar-refractivity contribution in [1.82, 2.24) is 19.6 Å². The maximum Gasteiger partial charge on any atom is 0.251 e. The number of fused-ring (bicyclic) bond motifs is 3. The number of carbonyl (C=O) groups excluding carboxylic acids is 1. The Kier molecular flexibility index (Phi) is 2.96. The predicted octanol–water partition coefficient (Wildman–Crippen LogP) is 1.47. The van der Waals surface area contributed by atoms with Crippen molar-refractivity contribution in [2.45, 2.75) is 25.8 Å². The van der Waals surface area contributed by atoms with E-state index in [-0.39, 0.29) is 11.9 Å². The third-order valence-electron chi connectivity index (χ3n) is 4.64. The molecule has 0 aromatic carbocycles. The second-order valence-electron chi connectivity index (χ2n) is 6.38. The van der Waals surface area contributed by atoms with E-state index in [1.54, 1.807) is 0 Å². The first-order chi connectivity index (χ1) is 10.2. The summed E-state index contributed by atoms with van der Waals surface area (Å²) in [6.45, 7) is 5.36. The van der Waals surface area contributed by atoms with E-state index in [4.69, 9.17) is 0 Å². The second-order valence-corrected chi connectivity index (χ2v) is 6.38. The minimum atomic E-state index is 0.0191. The summed E-state index contributed by atoms with van der Waals surface area (Å²) in [5.41, 5.74) is 2.48. The largest absolute Gasteiger partial charge is 0.348 e. The number of rotatable bonds is 2. The highest BCUT2D eigenvalue weighted by atomic mass is 16.1. The van der Waals surface area contributed by atoms with Crippen LogP contribution in [0.5, 0.6) is 0 Å². The monoisotopic (exact) mass is 284 g/mol. The normalized spacial score (nSPS) is 28.0. The van der Waals surface area contributed by atoms with Gasteiger partial charge >= 0.3 is 0 Å². The first-order valence-electron chi connectivity index (χ1n) is 7.66. The minimum Gasteiger partial charge on any atom is -0.348 e. The summed E-state index contributed by atoms with van der Waals surface area (Å²) in [6.07, 6.45) is 6.26. The highest BCUT2D eigenvalue weighted by Crippen LogP contribution is 2.26. The van der Waals surface area contributed by atoms with Crippen LogP contribution in [0.3, 0.4) is 0 Å². The Labute approximate surface area is 124 Å². The molecule has 1 amide bonds. The van der Waals surface area contributed by atoms with Crippen molar-refractivity contribution in [2.24, 2.45) is 5.92 Å². The van der Waals surface area contributed by atoms with Crippen LogP contribution >= 0.6 is 0 Å². The molecule has 4 rings (SSSR count). The van der Waals surface area contributed by atoms with Gasteiger partial charge in [-0.2, -0.15) is 0 Å². The summed E-state index contributed by atoms with van der Waals surface area (Å²) in [5, 5.41) is 3.19. The van der Waals surface area contributed by atoms with Gasteiger partial charge in [-0.3, -0.25) is 4.79 Å². The van der Waals surface area contributed by atoms with Crippen molar-refractivity contribution in [1.29, 1.82) is 0 Å². The number of imidazole rings is 1. The molecule has 1 N–H and O–H groups in total. The van der Waals surface area contributed by atoms with E-state index in [0.29, 0.717) is 5.56 Å². The topological polar surface area (TPSA) is 49.6 Å². The van der Waals surface area contributed by atoms with Gasteiger partial charge in [0.05, 0.1) is 5.69 Å². The zero-order chi connectivity index (χ0) is 14.4. The molecular formula is C16H20N4O. The molecule has 2 aromatic heterocycles. The molecule has 5 heteroatoms. The molecule has 110 valence electrons. The van der Waals surface area contributed by atoms with Gasteiger partial charge in [0.15, 0.2) is 0 Å². The Morgan fingerprint density at radius 1 is 1.43 bits per heavy atom. The van der Waals surface area contributed by atoms with Crippen molar-refractivity contribution in [3.8, 4) is 0 Å². The summed E-state index contributed by atoms with van der Waals surface area (Å²) >= 11 is 0. The second kappa shape index (κ2) is 4.84. The zero-order valence-electron chi connectivity index (χ0n) is 12.2. The SMILES string of the molecule is Cc1cn2ccc(C(=O)NC3CC4CCN(C4)C3)cc2n1. The number of hydrogen-bond donors (Lipinski definition) is 1. The number of nitrogens with zero attached hydrogens (tertiary/aromatic N) is 3. The molecule has 2 bridgehead atoms. The quantitative estimate of drug-likeness (QED) is 0.908. The Bertz CT molecular complexity index is 681. The lowest BCUT2D eigenvalue weighted by molar-refractivity contribution is 0.0909. The molecule has 0 radical (unpaired) electrons. The molecule has 5 nitrogen and oxygen atoms in total. The van der Waals surface area contributed by atoms with Crippen LogP contribution in [0.25, 0.3) is 5.65 Å². The molecule has 3 atom stereocenters. The number of piperidine rings is 1. The van der Waals surface area contributed by atoms with Crippen LogP contribution in [0.4, 0.5) is 0 Å². The van der Waals surface area contributed by atoms with Crippen LogP contribution in [0.2, 0.25) is 0 Å². The molecule has 2 aliphatic rings. The standard InChI is InChI=1S/C16H20N4O/c1-11-8-20-5-3-13(7-15(20)17-11)16(21)18-14-6-12-2-4-19(9-12)10-14/h3,5,7-8,12,14H,2,4,6,9-10H2,1H3,(H,18,21). The molecular weight excluding hydrogens is 264 g/mol. The van der Waals surface area contributed by atoms with Gasteiger partial charge in [0.1, 0.15) is 5.65 Å². The minimum absolute atomic E-state index is 0.0191. The predicted molar refractivity (Wildman–Crippen MR) is 80.3 cm³/mol. The van der Waals surface area contributed by atoms with Crippen molar-refractivity contribution in [2.75, 3.05) is 19.6 Å². The summed E-state index contributed by atoms with van der Waals surface area (Å²) in [7, 11) is 0. The Hall–Kier alpha value is -1.88. The van der Waals surface area contributed by atoms with Gasteiger partial charge < -0.3 is 14.6 Å². The average Bonchev–Trinajstić information content (AvgIpc) is 2.99. The number of nitrogens with one attached hydrogen (secondary N) is 1. The molecule has 0 saturated carbocycles. The van der Waals surface area contributed by atoms with Gasteiger partial charge in [0, 0.05) is 37.1 Å². The molecule has 0 aliphatic carbocycles. The van der Waals surface area contributed by atoms with Crippen LogP contribution in [0.15, 0.2) is 24.5 Å². The Balaban J connectivity index is 1.50. The molecule has 4 heterocycles. The molecule has 0 spiro atoms. The van der Waals surface area contributed by atoms with Gasteiger partial charge in [0.25, 0.3) is 5.91 Å². The number of hydrogen-bond acceptors (Lipinski definition) is 3. The lowest BCUT2D eigenvalue weighted by Gasteiger charge is -2.30. The van der Waals surface area contributed by atoms with Crippen molar-refractivity contribution < 1.29 is 4.79 Å². The summed E-state index contributed by atoms with van der Waals surface area (Å²) < 4.78 is 1.94. The van der Waals surface area contributed by atoms with E-state index >= 15 is 0 Å². The summed E-state index contributed by atoms with van der Waals surface area (Å²) in [4.78, 5) is 19.3. The van der Waals surface area contributed by atoms with Crippen molar-refractivity contribution in [3.63, 3.8) is 0 Å². The molecule has 21 heavy (non-hydrogen) atoms. The molecule has 2 aliphatic heterocycles. The number of aromatic nitrogens is 2. The van der Waals surface area contributed by atoms with Gasteiger partial charge in [0.2, 0.25) is 0 Å². The molecule has 3 unspecified atom stereocenters. The number of amides is 1. The maximum atomic E-state index is 12.4. The molecule has 2 fully saturated rings. The highest BCUT2D eigenvalue weighted by Gasteiger charge is 2.32. The lowest BCUT2D eigenvalue weighted by Crippen LogP contribution is -2.47. The van der Waals surface area contributed by atoms with Crippen molar-refractivity contribution in [3.05, 3.63) is 35.8 Å². The van der Waals surface area contributed by atoms with Gasteiger partial charge in [-0.25, -0.2) is 4.98 Å². The highest BCUT2D eigenvalue weighted by molar-refractivity contribution is 5.95. The fraction of sp³-hybridized carbons (Fsp3) is 0.500. The number of aryl methyl sites for hydroxylation is 1. The van der Waals surface area contributed by atoms with E-state index in [2.05, 4.69) is 15.2 Å². The van der Waals surface area contributed by atoms with Gasteiger partial charge in [-0.15, -0.1) is 0 Å². The average molecular weight is 284 g/mol. The van der Waals surface area contributed by atoms with Crippen molar-refractivity contribution >= 4 is 11.6 Å². The van der Waals surface area contributed by atoms with Gasteiger partial charge in [-0.05, 0) is 44.4 Å². The van der Waals surface area contributed by atoms with Crippen LogP contribution in [-0.2, 0) is 0 Å². The van der Waals surface area contributed by atoms with E-state index in [9.17, 15) is 4.79 Å². The number of carbonyl (C=O) groups is 1. The van der Waals surface area contributed by atoms with E-state index < -0.39 is 0 Å². The summed E-state index contributed by atoms with van der Waals surface area (Å²) in [6, 6.07) is 4.01. The Morgan fingerprint density at radius 3 is 3.19 bits per heavy atom. The first kappa shape index (κ1) is 12.8. The van der Waals surface area contributed by atoms with Crippen LogP contribution < -0.4 is 5.32 Å². The fourth-order valence-electron chi connectivity index (χ4n) is 3.68. The maximum absolute atomic E-state index is 12.4. The number of pyridine rings is 1. The molecule has 2 aromatic rings. The lowest BCUT2D eigenvalue weighted by atomic mass is 9.96. The van der Waals surface area contributed by atoms with Gasteiger partial charge in [-0.1, -0.05) is 0 Å². The Morgan fingerprint density at radius 2 is 2.33 bits per heavy atom. The third-order valence-corrected chi connectivity index (χ3v) is 4.64. The third kappa shape index (κ3) is 2.42. The first-order valence-corrected chi connectivity index (χ1v) is 7.66. The van der Waals surface area contributed by atoms with Crippen LogP contribution in [0.1, 0.15) is 28.9 Å². The van der Waals surface area contributed by atoms with E-state index in [1.165, 1.54) is 19.5 Å². The van der Waals surface area contributed by atoms with Crippen LogP contribution in [-0.4, -0.2) is 45.9 Å².